The van der Waals surface area contributed by atoms with Gasteiger partial charge in [0.2, 0.25) is 0 Å². The SMILES string of the molecule is COc1cccc(Oc2ccc3c(c2)COB3)c1. The second kappa shape index (κ2) is 4.74. The summed E-state index contributed by atoms with van der Waals surface area (Å²) >= 11 is 0. The maximum Gasteiger partial charge on any atom is 0.309 e. The van der Waals surface area contributed by atoms with Crippen LogP contribution in [0.2, 0.25) is 0 Å². The van der Waals surface area contributed by atoms with Crippen LogP contribution in [0, 0.1) is 0 Å². The van der Waals surface area contributed by atoms with Crippen LogP contribution in [0.1, 0.15) is 5.56 Å². The molecule has 0 aliphatic carbocycles. The number of hydrogen-bond acceptors (Lipinski definition) is 3. The molecule has 3 rings (SSSR count). The fraction of sp³-hybridized carbons (Fsp3) is 0.143. The van der Waals surface area contributed by atoms with E-state index in [1.807, 2.05) is 36.4 Å². The molecule has 1 heterocycles. The molecule has 3 nitrogen and oxygen atoms in total. The minimum atomic E-state index is 0.671. The molecule has 0 spiro atoms. The van der Waals surface area contributed by atoms with Crippen molar-refractivity contribution in [3.63, 3.8) is 0 Å². The monoisotopic (exact) mass is 240 g/mol. The predicted octanol–water partition coefficient (Wildman–Crippen LogP) is 1.99. The van der Waals surface area contributed by atoms with Crippen LogP contribution in [0.5, 0.6) is 17.2 Å². The Bertz CT molecular complexity index is 569. The second-order valence-electron chi connectivity index (χ2n) is 4.20. The van der Waals surface area contributed by atoms with Gasteiger partial charge in [0.1, 0.15) is 17.2 Å². The van der Waals surface area contributed by atoms with Crippen molar-refractivity contribution >= 4 is 12.9 Å². The van der Waals surface area contributed by atoms with Crippen molar-refractivity contribution in [2.45, 2.75) is 6.61 Å². The number of hydrogen-bond donors (Lipinski definition) is 0. The first kappa shape index (κ1) is 11.2. The summed E-state index contributed by atoms with van der Waals surface area (Å²) in [6, 6.07) is 13.6. The number of benzene rings is 2. The van der Waals surface area contributed by atoms with Crippen LogP contribution in [0.3, 0.4) is 0 Å². The van der Waals surface area contributed by atoms with Crippen LogP contribution in [-0.2, 0) is 11.3 Å². The van der Waals surface area contributed by atoms with E-state index in [9.17, 15) is 0 Å². The number of fused-ring (bicyclic) bond motifs is 1. The number of ether oxygens (including phenoxy) is 2. The molecule has 0 saturated carbocycles. The molecule has 0 atom stereocenters. The van der Waals surface area contributed by atoms with Crippen molar-refractivity contribution in [3.05, 3.63) is 48.0 Å². The van der Waals surface area contributed by atoms with E-state index >= 15 is 0 Å². The summed E-state index contributed by atoms with van der Waals surface area (Å²) in [5.74, 6) is 2.39. The lowest BCUT2D eigenvalue weighted by Gasteiger charge is -2.08. The molecule has 0 unspecified atom stereocenters. The van der Waals surface area contributed by atoms with Gasteiger partial charge in [-0.15, -0.1) is 0 Å². The van der Waals surface area contributed by atoms with Crippen LogP contribution in [-0.4, -0.2) is 14.6 Å². The van der Waals surface area contributed by atoms with Crippen LogP contribution in [0.15, 0.2) is 42.5 Å². The average Bonchev–Trinajstić information content (AvgIpc) is 2.86. The lowest BCUT2D eigenvalue weighted by Crippen LogP contribution is -2.10. The van der Waals surface area contributed by atoms with Gasteiger partial charge in [-0.25, -0.2) is 0 Å². The molecule has 0 bridgehead atoms. The zero-order chi connectivity index (χ0) is 12.4. The van der Waals surface area contributed by atoms with E-state index in [1.54, 1.807) is 7.11 Å². The molecular formula is C14H13BO3. The zero-order valence-corrected chi connectivity index (χ0v) is 10.2. The minimum absolute atomic E-state index is 0.671. The van der Waals surface area contributed by atoms with Crippen LogP contribution in [0.25, 0.3) is 0 Å². The highest BCUT2D eigenvalue weighted by atomic mass is 16.5. The Labute approximate surface area is 107 Å². The molecule has 0 saturated heterocycles. The third-order valence-electron chi connectivity index (χ3n) is 2.97. The Hall–Kier alpha value is -1.94. The third-order valence-corrected chi connectivity index (χ3v) is 2.97. The van der Waals surface area contributed by atoms with Gasteiger partial charge in [-0.2, -0.15) is 0 Å². The largest absolute Gasteiger partial charge is 0.497 e. The Morgan fingerprint density at radius 3 is 2.78 bits per heavy atom. The summed E-state index contributed by atoms with van der Waals surface area (Å²) in [5, 5.41) is 0. The van der Waals surface area contributed by atoms with Gasteiger partial charge in [-0.3, -0.25) is 0 Å². The summed E-state index contributed by atoms with van der Waals surface area (Å²) < 4.78 is 16.4. The van der Waals surface area contributed by atoms with Gasteiger partial charge in [0.05, 0.1) is 13.7 Å². The highest BCUT2D eigenvalue weighted by molar-refractivity contribution is 6.48. The Kier molecular flexibility index (Phi) is 2.94. The first-order valence-electron chi connectivity index (χ1n) is 5.86. The second-order valence-corrected chi connectivity index (χ2v) is 4.20. The summed E-state index contributed by atoms with van der Waals surface area (Å²) in [6.07, 6.45) is 0. The van der Waals surface area contributed by atoms with Gasteiger partial charge in [0.15, 0.2) is 0 Å². The summed E-state index contributed by atoms with van der Waals surface area (Å²) in [6.45, 7) is 0.671. The molecule has 0 fully saturated rings. The fourth-order valence-electron chi connectivity index (χ4n) is 2.01. The van der Waals surface area contributed by atoms with Crippen molar-refractivity contribution in [2.24, 2.45) is 0 Å². The van der Waals surface area contributed by atoms with Gasteiger partial charge in [-0.05, 0) is 35.3 Å². The van der Waals surface area contributed by atoms with Crippen LogP contribution in [0.4, 0.5) is 0 Å². The van der Waals surface area contributed by atoms with E-state index in [0.29, 0.717) is 14.1 Å². The van der Waals surface area contributed by atoms with Crippen molar-refractivity contribution in [2.75, 3.05) is 7.11 Å². The first-order valence-corrected chi connectivity index (χ1v) is 5.86. The first-order chi connectivity index (χ1) is 8.85. The topological polar surface area (TPSA) is 27.7 Å². The highest BCUT2D eigenvalue weighted by Gasteiger charge is 2.13. The molecule has 0 radical (unpaired) electrons. The minimum Gasteiger partial charge on any atom is -0.497 e. The summed E-state index contributed by atoms with van der Waals surface area (Å²) in [5.41, 5.74) is 2.45. The molecule has 4 heteroatoms. The Morgan fingerprint density at radius 1 is 1.06 bits per heavy atom. The smallest absolute Gasteiger partial charge is 0.309 e. The number of rotatable bonds is 3. The summed E-state index contributed by atoms with van der Waals surface area (Å²) in [4.78, 5) is 0. The van der Waals surface area contributed by atoms with Crippen LogP contribution < -0.4 is 14.9 Å². The summed E-state index contributed by atoms with van der Waals surface area (Å²) in [7, 11) is 2.35. The van der Waals surface area contributed by atoms with E-state index in [-0.39, 0.29) is 0 Å². The van der Waals surface area contributed by atoms with E-state index in [2.05, 4.69) is 6.07 Å². The van der Waals surface area contributed by atoms with E-state index < -0.39 is 0 Å². The molecule has 0 aromatic heterocycles. The quantitative estimate of drug-likeness (QED) is 0.768. The third kappa shape index (κ3) is 2.20. The van der Waals surface area contributed by atoms with Gasteiger partial charge >= 0.3 is 7.48 Å². The number of methoxy groups -OCH3 is 1. The van der Waals surface area contributed by atoms with Gasteiger partial charge < -0.3 is 14.1 Å². The van der Waals surface area contributed by atoms with Gasteiger partial charge in [0.25, 0.3) is 0 Å². The lowest BCUT2D eigenvalue weighted by atomic mass is 9.87. The Balaban J connectivity index is 1.83. The van der Waals surface area contributed by atoms with E-state index in [1.165, 1.54) is 11.0 Å². The molecule has 90 valence electrons. The predicted molar refractivity (Wildman–Crippen MR) is 71.1 cm³/mol. The zero-order valence-electron chi connectivity index (χ0n) is 10.2. The molecule has 18 heavy (non-hydrogen) atoms. The Morgan fingerprint density at radius 2 is 1.89 bits per heavy atom. The van der Waals surface area contributed by atoms with Crippen molar-refractivity contribution in [1.29, 1.82) is 0 Å². The van der Waals surface area contributed by atoms with Crippen LogP contribution >= 0.6 is 0 Å². The van der Waals surface area contributed by atoms with E-state index in [0.717, 1.165) is 17.2 Å². The normalized spacial score (nSPS) is 12.7. The molecular weight excluding hydrogens is 227 g/mol. The molecule has 2 aromatic rings. The van der Waals surface area contributed by atoms with Gasteiger partial charge in [-0.1, -0.05) is 12.1 Å². The molecule has 0 N–H and O–H groups in total. The average molecular weight is 240 g/mol. The van der Waals surface area contributed by atoms with Gasteiger partial charge in [0, 0.05) is 6.07 Å². The maximum absolute atomic E-state index is 5.81. The molecule has 1 aliphatic heterocycles. The van der Waals surface area contributed by atoms with Crippen molar-refractivity contribution in [3.8, 4) is 17.2 Å². The standard InChI is InChI=1S/C14H13BO3/c1-16-11-3-2-4-12(8-11)18-13-5-6-14-10(7-13)9-17-15-14/h2-8,15H,9H2,1H3. The van der Waals surface area contributed by atoms with E-state index in [4.69, 9.17) is 14.1 Å². The lowest BCUT2D eigenvalue weighted by molar-refractivity contribution is 0.344. The molecule has 0 amide bonds. The molecule has 1 aliphatic rings. The van der Waals surface area contributed by atoms with Crippen molar-refractivity contribution in [1.82, 2.24) is 0 Å². The maximum atomic E-state index is 5.81. The highest BCUT2D eigenvalue weighted by Crippen LogP contribution is 2.25. The van der Waals surface area contributed by atoms with Crippen molar-refractivity contribution < 1.29 is 14.1 Å². The molecule has 2 aromatic carbocycles. The fourth-order valence-corrected chi connectivity index (χ4v) is 2.01.